The van der Waals surface area contributed by atoms with E-state index >= 15 is 0 Å². The Bertz CT molecular complexity index is 461. The molecule has 0 radical (unpaired) electrons. The van der Waals surface area contributed by atoms with Crippen molar-refractivity contribution in [3.05, 3.63) is 47.0 Å². The van der Waals surface area contributed by atoms with E-state index in [1.807, 2.05) is 29.2 Å². The monoisotopic (exact) mass is 323 g/mol. The van der Waals surface area contributed by atoms with E-state index in [2.05, 4.69) is 22.5 Å². The van der Waals surface area contributed by atoms with Crippen LogP contribution in [0.3, 0.4) is 0 Å². The Balaban J connectivity index is 2.00. The third-order valence-electron chi connectivity index (χ3n) is 3.19. The van der Waals surface area contributed by atoms with Crippen LogP contribution in [-0.4, -0.2) is 36.6 Å². The molecule has 1 unspecified atom stereocenters. The maximum absolute atomic E-state index is 12.4. The molecule has 1 heterocycles. The predicted molar refractivity (Wildman–Crippen MR) is 79.2 cm³/mol. The summed E-state index contributed by atoms with van der Waals surface area (Å²) < 4.78 is 6.58. The Hall–Kier alpha value is -1.13. The normalized spacial score (nSPS) is 19.2. The number of likely N-dealkylation sites (tertiary alicyclic amines) is 1. The molecule has 1 amide bonds. The van der Waals surface area contributed by atoms with Crippen LogP contribution in [0.1, 0.15) is 23.2 Å². The SMILES string of the molecule is C=CCOC1CCCN(C(=O)c2cccc(Br)c2)C1. The molecule has 1 aromatic carbocycles. The summed E-state index contributed by atoms with van der Waals surface area (Å²) in [6.07, 6.45) is 3.87. The standard InChI is InChI=1S/C15H18BrNO2/c1-2-9-19-14-7-4-8-17(11-14)15(18)12-5-3-6-13(16)10-12/h2-3,5-6,10,14H,1,4,7-9,11H2. The highest BCUT2D eigenvalue weighted by atomic mass is 79.9. The van der Waals surface area contributed by atoms with Crippen LogP contribution in [0.15, 0.2) is 41.4 Å². The molecule has 102 valence electrons. The van der Waals surface area contributed by atoms with Crippen LogP contribution in [0, 0.1) is 0 Å². The highest BCUT2D eigenvalue weighted by molar-refractivity contribution is 9.10. The van der Waals surface area contributed by atoms with E-state index < -0.39 is 0 Å². The highest BCUT2D eigenvalue weighted by Gasteiger charge is 2.24. The Labute approximate surface area is 122 Å². The van der Waals surface area contributed by atoms with Crippen molar-refractivity contribution in [2.75, 3.05) is 19.7 Å². The lowest BCUT2D eigenvalue weighted by Crippen LogP contribution is -2.43. The zero-order chi connectivity index (χ0) is 13.7. The van der Waals surface area contributed by atoms with E-state index in [4.69, 9.17) is 4.74 Å². The van der Waals surface area contributed by atoms with Gasteiger partial charge in [0.2, 0.25) is 0 Å². The summed E-state index contributed by atoms with van der Waals surface area (Å²) in [5.41, 5.74) is 0.721. The van der Waals surface area contributed by atoms with Crippen LogP contribution in [0.2, 0.25) is 0 Å². The Morgan fingerprint density at radius 2 is 2.42 bits per heavy atom. The van der Waals surface area contributed by atoms with E-state index in [1.54, 1.807) is 6.08 Å². The smallest absolute Gasteiger partial charge is 0.253 e. The van der Waals surface area contributed by atoms with Crippen molar-refractivity contribution in [2.45, 2.75) is 18.9 Å². The number of ether oxygens (including phenoxy) is 1. The average molecular weight is 324 g/mol. The van der Waals surface area contributed by atoms with Crippen LogP contribution in [0.4, 0.5) is 0 Å². The van der Waals surface area contributed by atoms with Gasteiger partial charge in [0.05, 0.1) is 12.7 Å². The molecular weight excluding hydrogens is 306 g/mol. The van der Waals surface area contributed by atoms with Crippen molar-refractivity contribution in [2.24, 2.45) is 0 Å². The minimum absolute atomic E-state index is 0.0770. The number of piperidine rings is 1. The van der Waals surface area contributed by atoms with Gasteiger partial charge >= 0.3 is 0 Å². The quantitative estimate of drug-likeness (QED) is 0.796. The minimum Gasteiger partial charge on any atom is -0.372 e. The van der Waals surface area contributed by atoms with Gasteiger partial charge in [-0.05, 0) is 31.0 Å². The maximum Gasteiger partial charge on any atom is 0.253 e. The van der Waals surface area contributed by atoms with Gasteiger partial charge in [-0.1, -0.05) is 28.1 Å². The fraction of sp³-hybridized carbons (Fsp3) is 0.400. The molecule has 0 N–H and O–H groups in total. The number of amides is 1. The Morgan fingerprint density at radius 1 is 1.58 bits per heavy atom. The van der Waals surface area contributed by atoms with Crippen molar-refractivity contribution >= 4 is 21.8 Å². The largest absolute Gasteiger partial charge is 0.372 e. The van der Waals surface area contributed by atoms with Crippen LogP contribution in [0.25, 0.3) is 0 Å². The molecule has 0 spiro atoms. The van der Waals surface area contributed by atoms with E-state index in [0.717, 1.165) is 29.4 Å². The molecule has 2 rings (SSSR count). The van der Waals surface area contributed by atoms with E-state index in [9.17, 15) is 4.79 Å². The number of halogens is 1. The van der Waals surface area contributed by atoms with Gasteiger partial charge in [-0.25, -0.2) is 0 Å². The van der Waals surface area contributed by atoms with E-state index in [-0.39, 0.29) is 12.0 Å². The van der Waals surface area contributed by atoms with Crippen molar-refractivity contribution in [3.8, 4) is 0 Å². The lowest BCUT2D eigenvalue weighted by Gasteiger charge is -2.32. The zero-order valence-electron chi connectivity index (χ0n) is 10.8. The number of carbonyl (C=O) groups is 1. The molecule has 1 atom stereocenters. The van der Waals surface area contributed by atoms with Gasteiger partial charge in [-0.15, -0.1) is 6.58 Å². The molecule has 4 heteroatoms. The van der Waals surface area contributed by atoms with Crippen molar-refractivity contribution < 1.29 is 9.53 Å². The first-order chi connectivity index (χ1) is 9.20. The third kappa shape index (κ3) is 3.91. The summed E-state index contributed by atoms with van der Waals surface area (Å²) in [6, 6.07) is 7.51. The second-order valence-corrected chi connectivity index (χ2v) is 5.56. The molecule has 1 aliphatic rings. The van der Waals surface area contributed by atoms with Crippen molar-refractivity contribution in [1.29, 1.82) is 0 Å². The van der Waals surface area contributed by atoms with Gasteiger partial charge < -0.3 is 9.64 Å². The summed E-state index contributed by atoms with van der Waals surface area (Å²) in [5, 5.41) is 0. The molecule has 3 nitrogen and oxygen atoms in total. The maximum atomic E-state index is 12.4. The summed E-state index contributed by atoms with van der Waals surface area (Å²) in [5.74, 6) is 0.0770. The number of carbonyl (C=O) groups excluding carboxylic acids is 1. The highest BCUT2D eigenvalue weighted by Crippen LogP contribution is 2.18. The molecule has 19 heavy (non-hydrogen) atoms. The summed E-state index contributed by atoms with van der Waals surface area (Å²) in [4.78, 5) is 14.3. The fourth-order valence-electron chi connectivity index (χ4n) is 2.27. The van der Waals surface area contributed by atoms with Gasteiger partial charge in [0.25, 0.3) is 5.91 Å². The van der Waals surface area contributed by atoms with Crippen LogP contribution < -0.4 is 0 Å². The molecule has 0 aromatic heterocycles. The van der Waals surface area contributed by atoms with Crippen LogP contribution >= 0.6 is 15.9 Å². The molecule has 1 fully saturated rings. The van der Waals surface area contributed by atoms with Gasteiger partial charge in [0.15, 0.2) is 0 Å². The first kappa shape index (κ1) is 14.3. The molecule has 0 bridgehead atoms. The lowest BCUT2D eigenvalue weighted by atomic mass is 10.1. The summed E-state index contributed by atoms with van der Waals surface area (Å²) in [7, 11) is 0. The minimum atomic E-state index is 0.0770. The van der Waals surface area contributed by atoms with E-state index in [0.29, 0.717) is 13.2 Å². The summed E-state index contributed by atoms with van der Waals surface area (Å²) in [6.45, 7) is 5.66. The lowest BCUT2D eigenvalue weighted by molar-refractivity contribution is 0.0134. The number of hydrogen-bond donors (Lipinski definition) is 0. The average Bonchev–Trinajstić information content (AvgIpc) is 2.44. The second-order valence-electron chi connectivity index (χ2n) is 4.65. The molecule has 0 saturated carbocycles. The molecular formula is C15H18BrNO2. The van der Waals surface area contributed by atoms with Crippen molar-refractivity contribution in [1.82, 2.24) is 4.90 Å². The van der Waals surface area contributed by atoms with Gasteiger partial charge in [-0.3, -0.25) is 4.79 Å². The number of rotatable bonds is 4. The number of benzene rings is 1. The fourth-order valence-corrected chi connectivity index (χ4v) is 2.67. The van der Waals surface area contributed by atoms with Crippen LogP contribution in [0.5, 0.6) is 0 Å². The van der Waals surface area contributed by atoms with Crippen molar-refractivity contribution in [3.63, 3.8) is 0 Å². The predicted octanol–water partition coefficient (Wildman–Crippen LogP) is 3.26. The first-order valence-electron chi connectivity index (χ1n) is 6.48. The Kier molecular flexibility index (Phi) is 5.16. The Morgan fingerprint density at radius 3 is 3.16 bits per heavy atom. The zero-order valence-corrected chi connectivity index (χ0v) is 12.4. The third-order valence-corrected chi connectivity index (χ3v) is 3.68. The van der Waals surface area contributed by atoms with Gasteiger partial charge in [0, 0.05) is 23.1 Å². The van der Waals surface area contributed by atoms with Gasteiger partial charge in [-0.2, -0.15) is 0 Å². The van der Waals surface area contributed by atoms with Crippen LogP contribution in [-0.2, 0) is 4.74 Å². The molecule has 1 aliphatic heterocycles. The van der Waals surface area contributed by atoms with Gasteiger partial charge in [0.1, 0.15) is 0 Å². The first-order valence-corrected chi connectivity index (χ1v) is 7.27. The molecule has 1 saturated heterocycles. The number of nitrogens with zero attached hydrogens (tertiary/aromatic N) is 1. The molecule has 1 aromatic rings. The topological polar surface area (TPSA) is 29.5 Å². The second kappa shape index (κ2) is 6.87. The number of hydrogen-bond acceptors (Lipinski definition) is 2. The molecule has 0 aliphatic carbocycles. The summed E-state index contributed by atoms with van der Waals surface area (Å²) >= 11 is 3.39. The van der Waals surface area contributed by atoms with E-state index in [1.165, 1.54) is 0 Å².